The Balaban J connectivity index is 1.78. The number of hydrogen-bond donors (Lipinski definition) is 1. The van der Waals surface area contributed by atoms with Crippen LogP contribution in [0.15, 0.2) is 48.5 Å². The Morgan fingerprint density at radius 3 is 2.46 bits per heavy atom. The predicted molar refractivity (Wildman–Crippen MR) is 97.0 cm³/mol. The number of benzene rings is 2. The molecule has 0 fully saturated rings. The fourth-order valence-electron chi connectivity index (χ4n) is 2.08. The molecule has 2 aromatic rings. The lowest BCUT2D eigenvalue weighted by Gasteiger charge is -2.10. The molecular formula is C19H22ClNO3. The van der Waals surface area contributed by atoms with Gasteiger partial charge in [0.15, 0.2) is 6.61 Å². The minimum atomic E-state index is -0.230. The molecule has 0 atom stereocenters. The second-order valence-electron chi connectivity index (χ2n) is 5.37. The highest BCUT2D eigenvalue weighted by molar-refractivity contribution is 6.30. The van der Waals surface area contributed by atoms with Crippen molar-refractivity contribution in [2.45, 2.75) is 26.2 Å². The average Bonchev–Trinajstić information content (AvgIpc) is 2.59. The maximum atomic E-state index is 11.9. The number of hydrogen-bond acceptors (Lipinski definition) is 3. The summed E-state index contributed by atoms with van der Waals surface area (Å²) >= 11 is 5.81. The SMILES string of the molecule is CCCCCOc1cccc(OCC(=O)Nc2ccc(Cl)cc2)c1. The van der Waals surface area contributed by atoms with E-state index in [0.717, 1.165) is 25.0 Å². The van der Waals surface area contributed by atoms with E-state index in [0.29, 0.717) is 23.1 Å². The smallest absolute Gasteiger partial charge is 0.262 e. The molecule has 128 valence electrons. The number of rotatable bonds is 9. The Morgan fingerprint density at radius 1 is 1.04 bits per heavy atom. The number of amides is 1. The zero-order chi connectivity index (χ0) is 17.2. The molecule has 0 aliphatic heterocycles. The summed E-state index contributed by atoms with van der Waals surface area (Å²) in [6, 6.07) is 14.2. The van der Waals surface area contributed by atoms with E-state index in [1.165, 1.54) is 0 Å². The second-order valence-corrected chi connectivity index (χ2v) is 5.81. The van der Waals surface area contributed by atoms with Crippen molar-refractivity contribution in [2.75, 3.05) is 18.5 Å². The summed E-state index contributed by atoms with van der Waals surface area (Å²) in [7, 11) is 0. The number of unbranched alkanes of at least 4 members (excludes halogenated alkanes) is 2. The van der Waals surface area contributed by atoms with Crippen molar-refractivity contribution in [3.8, 4) is 11.5 Å². The molecule has 0 saturated carbocycles. The van der Waals surface area contributed by atoms with E-state index in [4.69, 9.17) is 21.1 Å². The molecule has 0 radical (unpaired) electrons. The van der Waals surface area contributed by atoms with Gasteiger partial charge in [-0.25, -0.2) is 0 Å². The summed E-state index contributed by atoms with van der Waals surface area (Å²) in [5, 5.41) is 3.37. The predicted octanol–water partition coefficient (Wildman–Crippen LogP) is 4.93. The molecule has 2 aromatic carbocycles. The van der Waals surface area contributed by atoms with Gasteiger partial charge in [0.2, 0.25) is 0 Å². The van der Waals surface area contributed by atoms with Gasteiger partial charge in [-0.1, -0.05) is 37.4 Å². The normalized spacial score (nSPS) is 10.2. The van der Waals surface area contributed by atoms with Crippen molar-refractivity contribution in [3.05, 3.63) is 53.6 Å². The van der Waals surface area contributed by atoms with Gasteiger partial charge < -0.3 is 14.8 Å². The van der Waals surface area contributed by atoms with Gasteiger partial charge >= 0.3 is 0 Å². The molecule has 0 aliphatic rings. The van der Waals surface area contributed by atoms with Crippen LogP contribution in [-0.4, -0.2) is 19.1 Å². The highest BCUT2D eigenvalue weighted by atomic mass is 35.5. The molecule has 2 rings (SSSR count). The van der Waals surface area contributed by atoms with Gasteiger partial charge in [-0.2, -0.15) is 0 Å². The number of halogens is 1. The van der Waals surface area contributed by atoms with Crippen LogP contribution >= 0.6 is 11.6 Å². The van der Waals surface area contributed by atoms with E-state index in [1.54, 1.807) is 36.4 Å². The summed E-state index contributed by atoms with van der Waals surface area (Å²) in [5.41, 5.74) is 0.681. The molecule has 1 N–H and O–H groups in total. The number of carbonyl (C=O) groups is 1. The molecule has 1 amide bonds. The van der Waals surface area contributed by atoms with Gasteiger partial charge in [-0.3, -0.25) is 4.79 Å². The molecular weight excluding hydrogens is 326 g/mol. The summed E-state index contributed by atoms with van der Waals surface area (Å²) in [6.07, 6.45) is 3.35. The first-order valence-electron chi connectivity index (χ1n) is 8.08. The Kier molecular flexibility index (Phi) is 7.43. The third-order valence-electron chi connectivity index (χ3n) is 3.32. The Bertz CT molecular complexity index is 643. The van der Waals surface area contributed by atoms with Crippen molar-refractivity contribution in [1.29, 1.82) is 0 Å². The van der Waals surface area contributed by atoms with E-state index in [9.17, 15) is 4.79 Å². The van der Waals surface area contributed by atoms with Gasteiger partial charge in [-0.15, -0.1) is 0 Å². The summed E-state index contributed by atoms with van der Waals surface area (Å²) in [5.74, 6) is 1.13. The fourth-order valence-corrected chi connectivity index (χ4v) is 2.20. The lowest BCUT2D eigenvalue weighted by Crippen LogP contribution is -2.20. The van der Waals surface area contributed by atoms with Gasteiger partial charge in [0.25, 0.3) is 5.91 Å². The quantitative estimate of drug-likeness (QED) is 0.654. The van der Waals surface area contributed by atoms with Gasteiger partial charge in [0.05, 0.1) is 6.61 Å². The van der Waals surface area contributed by atoms with E-state index < -0.39 is 0 Å². The second kappa shape index (κ2) is 9.83. The van der Waals surface area contributed by atoms with Crippen molar-refractivity contribution in [1.82, 2.24) is 0 Å². The highest BCUT2D eigenvalue weighted by Crippen LogP contribution is 2.20. The molecule has 0 bridgehead atoms. The minimum absolute atomic E-state index is 0.0675. The van der Waals surface area contributed by atoms with E-state index in [2.05, 4.69) is 12.2 Å². The zero-order valence-electron chi connectivity index (χ0n) is 13.8. The zero-order valence-corrected chi connectivity index (χ0v) is 14.5. The van der Waals surface area contributed by atoms with Crippen molar-refractivity contribution >= 4 is 23.2 Å². The molecule has 0 spiro atoms. The first-order chi connectivity index (χ1) is 11.7. The Hall–Kier alpha value is -2.20. The first-order valence-corrected chi connectivity index (χ1v) is 8.46. The summed E-state index contributed by atoms with van der Waals surface area (Å²) in [4.78, 5) is 11.9. The average molecular weight is 348 g/mol. The Morgan fingerprint density at radius 2 is 1.75 bits per heavy atom. The molecule has 0 saturated heterocycles. The van der Waals surface area contributed by atoms with Gasteiger partial charge in [0, 0.05) is 16.8 Å². The van der Waals surface area contributed by atoms with Crippen LogP contribution < -0.4 is 14.8 Å². The number of carbonyl (C=O) groups excluding carboxylic acids is 1. The molecule has 4 nitrogen and oxygen atoms in total. The first kappa shape index (κ1) is 18.1. The topological polar surface area (TPSA) is 47.6 Å². The van der Waals surface area contributed by atoms with Crippen molar-refractivity contribution < 1.29 is 14.3 Å². The molecule has 0 aromatic heterocycles. The van der Waals surface area contributed by atoms with Crippen LogP contribution in [0.1, 0.15) is 26.2 Å². The van der Waals surface area contributed by atoms with E-state index in [-0.39, 0.29) is 12.5 Å². The standard InChI is InChI=1S/C19H22ClNO3/c1-2-3-4-12-23-17-6-5-7-18(13-17)24-14-19(22)21-16-10-8-15(20)9-11-16/h5-11,13H,2-4,12,14H2,1H3,(H,21,22). The van der Waals surface area contributed by atoms with Crippen LogP contribution in [0.3, 0.4) is 0 Å². The van der Waals surface area contributed by atoms with E-state index in [1.807, 2.05) is 12.1 Å². The third kappa shape index (κ3) is 6.50. The monoisotopic (exact) mass is 347 g/mol. The third-order valence-corrected chi connectivity index (χ3v) is 3.57. The van der Waals surface area contributed by atoms with Gasteiger partial charge in [0.1, 0.15) is 11.5 Å². The fraction of sp³-hybridized carbons (Fsp3) is 0.316. The lowest BCUT2D eigenvalue weighted by molar-refractivity contribution is -0.118. The maximum Gasteiger partial charge on any atom is 0.262 e. The molecule has 5 heteroatoms. The maximum absolute atomic E-state index is 11.9. The molecule has 0 aliphatic carbocycles. The number of nitrogens with one attached hydrogen (secondary N) is 1. The van der Waals surface area contributed by atoms with Crippen LogP contribution in [0.2, 0.25) is 5.02 Å². The van der Waals surface area contributed by atoms with Crippen molar-refractivity contribution in [2.24, 2.45) is 0 Å². The Labute approximate surface area is 147 Å². The molecule has 24 heavy (non-hydrogen) atoms. The van der Waals surface area contributed by atoms with E-state index >= 15 is 0 Å². The summed E-state index contributed by atoms with van der Waals surface area (Å²) < 4.78 is 11.2. The van der Waals surface area contributed by atoms with Crippen LogP contribution in [0.25, 0.3) is 0 Å². The van der Waals surface area contributed by atoms with Gasteiger partial charge in [-0.05, 0) is 42.8 Å². The number of ether oxygens (including phenoxy) is 2. The van der Waals surface area contributed by atoms with Crippen LogP contribution in [0.5, 0.6) is 11.5 Å². The minimum Gasteiger partial charge on any atom is -0.493 e. The highest BCUT2D eigenvalue weighted by Gasteiger charge is 2.05. The number of anilines is 1. The largest absolute Gasteiger partial charge is 0.493 e. The van der Waals surface area contributed by atoms with Crippen LogP contribution in [0.4, 0.5) is 5.69 Å². The van der Waals surface area contributed by atoms with Crippen molar-refractivity contribution in [3.63, 3.8) is 0 Å². The van der Waals surface area contributed by atoms with Crippen LogP contribution in [0, 0.1) is 0 Å². The molecule has 0 unspecified atom stereocenters. The van der Waals surface area contributed by atoms with Crippen LogP contribution in [-0.2, 0) is 4.79 Å². The molecule has 0 heterocycles. The lowest BCUT2D eigenvalue weighted by atomic mass is 10.3. The summed E-state index contributed by atoms with van der Waals surface area (Å²) in [6.45, 7) is 2.78.